The first-order valence-electron chi connectivity index (χ1n) is 7.51. The largest absolute Gasteiger partial charge is 0.492 e. The lowest BCUT2D eigenvalue weighted by molar-refractivity contribution is 0.102. The van der Waals surface area contributed by atoms with Crippen LogP contribution in [0.1, 0.15) is 15.9 Å². The quantitative estimate of drug-likeness (QED) is 0.805. The van der Waals surface area contributed by atoms with E-state index < -0.39 is 0 Å². The lowest BCUT2D eigenvalue weighted by Crippen LogP contribution is -2.19. The number of hydrogen-bond donors (Lipinski definition) is 2. The third-order valence-corrected chi connectivity index (χ3v) is 3.43. The maximum atomic E-state index is 12.3. The maximum Gasteiger partial charge on any atom is 0.256 e. The highest BCUT2D eigenvalue weighted by molar-refractivity contribution is 6.05. The van der Waals surface area contributed by atoms with Gasteiger partial charge in [0.1, 0.15) is 12.4 Å². The third kappa shape index (κ3) is 5.00. The van der Waals surface area contributed by atoms with Crippen molar-refractivity contribution in [1.82, 2.24) is 4.90 Å². The molecule has 0 aliphatic heterocycles. The minimum absolute atomic E-state index is 0.170. The fourth-order valence-corrected chi connectivity index (χ4v) is 2.06. The van der Waals surface area contributed by atoms with Gasteiger partial charge in [-0.2, -0.15) is 0 Å². The molecule has 0 aliphatic rings. The molecule has 23 heavy (non-hydrogen) atoms. The molecule has 0 atom stereocenters. The standard InChI is InChI=1S/C18H23N3O2/c1-13-4-5-14(19)12-17(13)18(22)20-15-6-8-16(9-7-15)23-11-10-21(2)3/h4-9,12H,10-11,19H2,1-3H3,(H,20,22). The van der Waals surface area contributed by atoms with Crippen LogP contribution >= 0.6 is 0 Å². The second-order valence-electron chi connectivity index (χ2n) is 5.70. The van der Waals surface area contributed by atoms with E-state index in [1.54, 1.807) is 12.1 Å². The zero-order valence-electron chi connectivity index (χ0n) is 13.8. The second kappa shape index (κ2) is 7.65. The molecular formula is C18H23N3O2. The average molecular weight is 313 g/mol. The first kappa shape index (κ1) is 16.8. The Kier molecular flexibility index (Phi) is 5.60. The van der Waals surface area contributed by atoms with Crippen molar-refractivity contribution < 1.29 is 9.53 Å². The van der Waals surface area contributed by atoms with Gasteiger partial charge in [-0.1, -0.05) is 6.07 Å². The molecule has 3 N–H and O–H groups in total. The Morgan fingerprint density at radius 2 is 1.87 bits per heavy atom. The van der Waals surface area contributed by atoms with E-state index in [2.05, 4.69) is 10.2 Å². The van der Waals surface area contributed by atoms with E-state index in [1.807, 2.05) is 51.4 Å². The Morgan fingerprint density at radius 1 is 1.17 bits per heavy atom. The topological polar surface area (TPSA) is 67.6 Å². The lowest BCUT2D eigenvalue weighted by atomic mass is 10.1. The molecule has 0 radical (unpaired) electrons. The smallest absolute Gasteiger partial charge is 0.256 e. The fourth-order valence-electron chi connectivity index (χ4n) is 2.06. The van der Waals surface area contributed by atoms with E-state index in [9.17, 15) is 4.79 Å². The fraction of sp³-hybridized carbons (Fsp3) is 0.278. The van der Waals surface area contributed by atoms with Crippen molar-refractivity contribution in [3.63, 3.8) is 0 Å². The molecule has 0 spiro atoms. The van der Waals surface area contributed by atoms with Crippen LogP contribution in [0, 0.1) is 6.92 Å². The minimum Gasteiger partial charge on any atom is -0.492 e. The van der Waals surface area contributed by atoms with Crippen molar-refractivity contribution in [3.8, 4) is 5.75 Å². The number of nitrogens with two attached hydrogens (primary N) is 1. The Labute approximate surface area is 137 Å². The lowest BCUT2D eigenvalue weighted by Gasteiger charge is -2.12. The molecule has 2 aromatic rings. The zero-order valence-corrected chi connectivity index (χ0v) is 13.8. The monoisotopic (exact) mass is 313 g/mol. The van der Waals surface area contributed by atoms with E-state index in [4.69, 9.17) is 10.5 Å². The number of likely N-dealkylation sites (N-methyl/N-ethyl adjacent to an activating group) is 1. The highest BCUT2D eigenvalue weighted by atomic mass is 16.5. The molecule has 2 aromatic carbocycles. The van der Waals surface area contributed by atoms with Crippen molar-refractivity contribution in [2.45, 2.75) is 6.92 Å². The summed E-state index contributed by atoms with van der Waals surface area (Å²) < 4.78 is 5.63. The molecule has 2 rings (SSSR count). The molecule has 0 fully saturated rings. The first-order chi connectivity index (χ1) is 11.0. The Balaban J connectivity index is 1.97. The summed E-state index contributed by atoms with van der Waals surface area (Å²) in [5, 5.41) is 2.87. The van der Waals surface area contributed by atoms with Crippen LogP contribution in [-0.4, -0.2) is 38.1 Å². The molecule has 0 aromatic heterocycles. The number of rotatable bonds is 6. The summed E-state index contributed by atoms with van der Waals surface area (Å²) in [6.07, 6.45) is 0. The van der Waals surface area contributed by atoms with Crippen LogP contribution in [0.15, 0.2) is 42.5 Å². The van der Waals surface area contributed by atoms with Gasteiger partial charge in [0.25, 0.3) is 5.91 Å². The van der Waals surface area contributed by atoms with E-state index in [1.165, 1.54) is 0 Å². The Hall–Kier alpha value is -2.53. The number of nitrogens with one attached hydrogen (secondary N) is 1. The molecule has 0 saturated carbocycles. The van der Waals surface area contributed by atoms with Crippen LogP contribution in [0.4, 0.5) is 11.4 Å². The van der Waals surface area contributed by atoms with Crippen molar-refractivity contribution in [3.05, 3.63) is 53.6 Å². The van der Waals surface area contributed by atoms with Gasteiger partial charge in [-0.25, -0.2) is 0 Å². The molecule has 0 saturated heterocycles. The van der Waals surface area contributed by atoms with E-state index >= 15 is 0 Å². The second-order valence-corrected chi connectivity index (χ2v) is 5.70. The van der Waals surface area contributed by atoms with Gasteiger partial charge in [-0.3, -0.25) is 4.79 Å². The number of amides is 1. The summed E-state index contributed by atoms with van der Waals surface area (Å²) in [6, 6.07) is 12.6. The molecular weight excluding hydrogens is 290 g/mol. The SMILES string of the molecule is Cc1ccc(N)cc1C(=O)Nc1ccc(OCCN(C)C)cc1. The van der Waals surface area contributed by atoms with Gasteiger partial charge >= 0.3 is 0 Å². The highest BCUT2D eigenvalue weighted by Crippen LogP contribution is 2.18. The minimum atomic E-state index is -0.170. The van der Waals surface area contributed by atoms with Gasteiger partial charge in [0.2, 0.25) is 0 Å². The number of benzene rings is 2. The van der Waals surface area contributed by atoms with Crippen LogP contribution in [-0.2, 0) is 0 Å². The van der Waals surface area contributed by atoms with Gasteiger partial charge in [-0.05, 0) is 63.0 Å². The van der Waals surface area contributed by atoms with Gasteiger partial charge in [-0.15, -0.1) is 0 Å². The molecule has 0 heterocycles. The van der Waals surface area contributed by atoms with Crippen molar-refractivity contribution in [2.24, 2.45) is 0 Å². The van der Waals surface area contributed by atoms with Gasteiger partial charge < -0.3 is 20.7 Å². The van der Waals surface area contributed by atoms with Crippen LogP contribution < -0.4 is 15.8 Å². The Morgan fingerprint density at radius 3 is 2.52 bits per heavy atom. The molecule has 0 bridgehead atoms. The van der Waals surface area contributed by atoms with Crippen LogP contribution in [0.5, 0.6) is 5.75 Å². The van der Waals surface area contributed by atoms with Crippen molar-refractivity contribution in [2.75, 3.05) is 38.3 Å². The van der Waals surface area contributed by atoms with Crippen molar-refractivity contribution >= 4 is 17.3 Å². The Bertz CT molecular complexity index is 666. The van der Waals surface area contributed by atoms with E-state index in [0.29, 0.717) is 17.9 Å². The summed E-state index contributed by atoms with van der Waals surface area (Å²) in [6.45, 7) is 3.37. The summed E-state index contributed by atoms with van der Waals surface area (Å²) in [5.41, 5.74) is 8.51. The van der Waals surface area contributed by atoms with Gasteiger partial charge in [0, 0.05) is 23.5 Å². The highest BCUT2D eigenvalue weighted by Gasteiger charge is 2.09. The number of ether oxygens (including phenoxy) is 1. The summed E-state index contributed by atoms with van der Waals surface area (Å²) in [5.74, 6) is 0.612. The molecule has 0 unspecified atom stereocenters. The molecule has 5 nitrogen and oxygen atoms in total. The first-order valence-corrected chi connectivity index (χ1v) is 7.51. The predicted molar refractivity (Wildman–Crippen MR) is 94.0 cm³/mol. The number of nitrogens with zero attached hydrogens (tertiary/aromatic N) is 1. The summed E-state index contributed by atoms with van der Waals surface area (Å²) in [4.78, 5) is 14.4. The summed E-state index contributed by atoms with van der Waals surface area (Å²) >= 11 is 0. The van der Waals surface area contributed by atoms with Crippen LogP contribution in [0.3, 0.4) is 0 Å². The van der Waals surface area contributed by atoms with E-state index in [-0.39, 0.29) is 5.91 Å². The number of hydrogen-bond acceptors (Lipinski definition) is 4. The molecule has 0 aliphatic carbocycles. The van der Waals surface area contributed by atoms with Crippen LogP contribution in [0.2, 0.25) is 0 Å². The normalized spacial score (nSPS) is 10.6. The molecule has 1 amide bonds. The van der Waals surface area contributed by atoms with Gasteiger partial charge in [0.15, 0.2) is 0 Å². The average Bonchev–Trinajstić information content (AvgIpc) is 2.51. The molecule has 122 valence electrons. The van der Waals surface area contributed by atoms with Crippen molar-refractivity contribution in [1.29, 1.82) is 0 Å². The predicted octanol–water partition coefficient (Wildman–Crippen LogP) is 2.77. The zero-order chi connectivity index (χ0) is 16.8. The summed E-state index contributed by atoms with van der Waals surface area (Å²) in [7, 11) is 4.00. The number of carbonyl (C=O) groups excluding carboxylic acids is 1. The van der Waals surface area contributed by atoms with E-state index in [0.717, 1.165) is 23.5 Å². The third-order valence-electron chi connectivity index (χ3n) is 3.43. The number of anilines is 2. The number of nitrogen functional groups attached to an aromatic ring is 1. The van der Waals surface area contributed by atoms with Gasteiger partial charge in [0.05, 0.1) is 0 Å². The molecule has 5 heteroatoms. The number of aryl methyl sites for hydroxylation is 1. The maximum absolute atomic E-state index is 12.3. The number of carbonyl (C=O) groups is 1. The van der Waals surface area contributed by atoms with Crippen LogP contribution in [0.25, 0.3) is 0 Å².